The van der Waals surface area contributed by atoms with E-state index in [2.05, 4.69) is 20.8 Å². The van der Waals surface area contributed by atoms with E-state index in [1.54, 1.807) is 0 Å². The summed E-state index contributed by atoms with van der Waals surface area (Å²) >= 11 is 0. The van der Waals surface area contributed by atoms with Crippen molar-refractivity contribution in [1.29, 1.82) is 0 Å². The minimum Gasteiger partial charge on any atom is -0.490 e. The third-order valence-corrected chi connectivity index (χ3v) is 3.76. The molecule has 1 amide bonds. The maximum atomic E-state index is 12.9. The zero-order valence-electron chi connectivity index (χ0n) is 14.8. The van der Waals surface area contributed by atoms with Crippen LogP contribution in [0.5, 0.6) is 11.5 Å². The molecule has 1 aliphatic carbocycles. The molecule has 4 nitrogen and oxygen atoms in total. The van der Waals surface area contributed by atoms with Crippen molar-refractivity contribution in [3.8, 4) is 11.5 Å². The predicted molar refractivity (Wildman–Crippen MR) is 92.3 cm³/mol. The SMILES string of the molecule is CCCOc1ccc(C(=O)N(CC(C)C)C2CC2)cc1OCC. The van der Waals surface area contributed by atoms with E-state index >= 15 is 0 Å². The first-order valence-electron chi connectivity index (χ1n) is 8.77. The zero-order chi connectivity index (χ0) is 16.8. The smallest absolute Gasteiger partial charge is 0.254 e. The topological polar surface area (TPSA) is 38.8 Å². The van der Waals surface area contributed by atoms with E-state index < -0.39 is 0 Å². The first-order valence-corrected chi connectivity index (χ1v) is 8.77. The molecule has 0 aromatic heterocycles. The predicted octanol–water partition coefficient (Wildman–Crippen LogP) is 4.13. The zero-order valence-corrected chi connectivity index (χ0v) is 14.8. The summed E-state index contributed by atoms with van der Waals surface area (Å²) in [6.07, 6.45) is 3.18. The molecule has 1 fully saturated rings. The van der Waals surface area contributed by atoms with Gasteiger partial charge in [0.25, 0.3) is 5.91 Å². The second kappa shape index (κ2) is 8.23. The molecule has 1 aromatic rings. The molecule has 1 aliphatic rings. The molecule has 1 saturated carbocycles. The summed E-state index contributed by atoms with van der Waals surface area (Å²) in [6.45, 7) is 10.3. The van der Waals surface area contributed by atoms with Gasteiger partial charge in [-0.1, -0.05) is 20.8 Å². The molecular weight excluding hydrogens is 290 g/mol. The number of amides is 1. The van der Waals surface area contributed by atoms with Gasteiger partial charge < -0.3 is 14.4 Å². The fourth-order valence-electron chi connectivity index (χ4n) is 2.58. The second-order valence-corrected chi connectivity index (χ2v) is 6.53. The largest absolute Gasteiger partial charge is 0.490 e. The molecule has 0 radical (unpaired) electrons. The first kappa shape index (κ1) is 17.6. The highest BCUT2D eigenvalue weighted by Gasteiger charge is 2.33. The summed E-state index contributed by atoms with van der Waals surface area (Å²) in [7, 11) is 0. The summed E-state index contributed by atoms with van der Waals surface area (Å²) in [6, 6.07) is 5.95. The fraction of sp³-hybridized carbons (Fsp3) is 0.632. The molecule has 0 bridgehead atoms. The third-order valence-electron chi connectivity index (χ3n) is 3.76. The van der Waals surface area contributed by atoms with Crippen LogP contribution in [0.3, 0.4) is 0 Å². The van der Waals surface area contributed by atoms with Crippen LogP contribution in [0.15, 0.2) is 18.2 Å². The van der Waals surface area contributed by atoms with Gasteiger partial charge in [-0.3, -0.25) is 4.79 Å². The van der Waals surface area contributed by atoms with Crippen LogP contribution >= 0.6 is 0 Å². The average Bonchev–Trinajstić information content (AvgIpc) is 3.35. The molecular formula is C19H29NO3. The lowest BCUT2D eigenvalue weighted by molar-refractivity contribution is 0.0722. The summed E-state index contributed by atoms with van der Waals surface area (Å²) in [4.78, 5) is 14.9. The average molecular weight is 319 g/mol. The van der Waals surface area contributed by atoms with Crippen LogP contribution in [0.1, 0.15) is 57.3 Å². The second-order valence-electron chi connectivity index (χ2n) is 6.53. The molecule has 0 spiro atoms. The Morgan fingerprint density at radius 3 is 2.52 bits per heavy atom. The number of carbonyl (C=O) groups is 1. The Bertz CT molecular complexity index is 523. The minimum atomic E-state index is 0.101. The van der Waals surface area contributed by atoms with Crippen LogP contribution in [0.2, 0.25) is 0 Å². The fourth-order valence-corrected chi connectivity index (χ4v) is 2.58. The number of benzene rings is 1. The van der Waals surface area contributed by atoms with Crippen LogP contribution < -0.4 is 9.47 Å². The maximum absolute atomic E-state index is 12.9. The highest BCUT2D eigenvalue weighted by Crippen LogP contribution is 2.32. The van der Waals surface area contributed by atoms with Crippen LogP contribution in [0, 0.1) is 5.92 Å². The molecule has 0 N–H and O–H groups in total. The van der Waals surface area contributed by atoms with E-state index in [0.717, 1.165) is 25.8 Å². The normalized spacial score (nSPS) is 14.0. The van der Waals surface area contributed by atoms with Crippen molar-refractivity contribution in [1.82, 2.24) is 4.90 Å². The Hall–Kier alpha value is -1.71. The van der Waals surface area contributed by atoms with Gasteiger partial charge >= 0.3 is 0 Å². The number of rotatable bonds is 9. The molecule has 0 atom stereocenters. The summed E-state index contributed by atoms with van der Waals surface area (Å²) in [5.41, 5.74) is 0.685. The molecule has 2 rings (SSSR count). The van der Waals surface area contributed by atoms with Crippen LogP contribution in [0.4, 0.5) is 0 Å². The standard InChI is InChI=1S/C19H29NO3/c1-5-11-23-17-10-7-15(12-18(17)22-6-2)19(21)20(13-14(3)4)16-8-9-16/h7,10,12,14,16H,5-6,8-9,11,13H2,1-4H3. The van der Waals surface area contributed by atoms with E-state index in [9.17, 15) is 4.79 Å². The molecule has 0 aliphatic heterocycles. The van der Waals surface area contributed by atoms with Crippen molar-refractivity contribution in [2.45, 2.75) is 53.0 Å². The highest BCUT2D eigenvalue weighted by molar-refractivity contribution is 5.95. The summed E-state index contributed by atoms with van der Waals surface area (Å²) < 4.78 is 11.4. The van der Waals surface area contributed by atoms with Crippen LogP contribution in [-0.2, 0) is 0 Å². The number of hydrogen-bond donors (Lipinski definition) is 0. The van der Waals surface area contributed by atoms with Gasteiger partial charge in [0.15, 0.2) is 11.5 Å². The van der Waals surface area contributed by atoms with Crippen molar-refractivity contribution in [3.05, 3.63) is 23.8 Å². The summed E-state index contributed by atoms with van der Waals surface area (Å²) in [5, 5.41) is 0. The Balaban J connectivity index is 2.19. The van der Waals surface area contributed by atoms with E-state index in [-0.39, 0.29) is 5.91 Å². The lowest BCUT2D eigenvalue weighted by Gasteiger charge is -2.25. The van der Waals surface area contributed by atoms with Gasteiger partial charge in [0.2, 0.25) is 0 Å². The van der Waals surface area contributed by atoms with Crippen molar-refractivity contribution < 1.29 is 14.3 Å². The van der Waals surface area contributed by atoms with Crippen molar-refractivity contribution in [3.63, 3.8) is 0 Å². The van der Waals surface area contributed by atoms with Gasteiger partial charge in [0.05, 0.1) is 13.2 Å². The Morgan fingerprint density at radius 2 is 1.96 bits per heavy atom. The van der Waals surface area contributed by atoms with Crippen molar-refractivity contribution in [2.75, 3.05) is 19.8 Å². The third kappa shape index (κ3) is 4.88. The molecule has 0 saturated heterocycles. The van der Waals surface area contributed by atoms with Crippen molar-refractivity contribution in [2.24, 2.45) is 5.92 Å². The minimum absolute atomic E-state index is 0.101. The lowest BCUT2D eigenvalue weighted by Crippen LogP contribution is -2.36. The van der Waals surface area contributed by atoms with Gasteiger partial charge in [-0.25, -0.2) is 0 Å². The molecule has 1 aromatic carbocycles. The summed E-state index contributed by atoms with van der Waals surface area (Å²) in [5.74, 6) is 1.95. The quantitative estimate of drug-likeness (QED) is 0.687. The maximum Gasteiger partial charge on any atom is 0.254 e. The molecule has 128 valence electrons. The number of nitrogens with zero attached hydrogens (tertiary/aromatic N) is 1. The van der Waals surface area contributed by atoms with E-state index in [1.165, 1.54) is 0 Å². The highest BCUT2D eigenvalue weighted by atomic mass is 16.5. The number of hydrogen-bond acceptors (Lipinski definition) is 3. The van der Waals surface area contributed by atoms with E-state index in [4.69, 9.17) is 9.47 Å². The Labute approximate surface area is 139 Å². The van der Waals surface area contributed by atoms with Gasteiger partial charge in [-0.2, -0.15) is 0 Å². The Morgan fingerprint density at radius 1 is 1.22 bits per heavy atom. The van der Waals surface area contributed by atoms with Gasteiger partial charge in [0, 0.05) is 18.2 Å². The number of carbonyl (C=O) groups excluding carboxylic acids is 1. The molecule has 4 heteroatoms. The van der Waals surface area contributed by atoms with Crippen molar-refractivity contribution >= 4 is 5.91 Å². The van der Waals surface area contributed by atoms with E-state index in [0.29, 0.717) is 42.2 Å². The number of ether oxygens (including phenoxy) is 2. The monoisotopic (exact) mass is 319 g/mol. The van der Waals surface area contributed by atoms with Gasteiger partial charge in [-0.05, 0) is 50.3 Å². The van der Waals surface area contributed by atoms with Crippen LogP contribution in [-0.4, -0.2) is 36.6 Å². The first-order chi connectivity index (χ1) is 11.1. The molecule has 0 heterocycles. The molecule has 0 unspecified atom stereocenters. The lowest BCUT2D eigenvalue weighted by atomic mass is 10.1. The molecule has 23 heavy (non-hydrogen) atoms. The van der Waals surface area contributed by atoms with Gasteiger partial charge in [-0.15, -0.1) is 0 Å². The van der Waals surface area contributed by atoms with Crippen LogP contribution in [0.25, 0.3) is 0 Å². The van der Waals surface area contributed by atoms with E-state index in [1.807, 2.05) is 30.0 Å². The Kier molecular flexibility index (Phi) is 6.31. The van der Waals surface area contributed by atoms with Gasteiger partial charge in [0.1, 0.15) is 0 Å².